The highest BCUT2D eigenvalue weighted by Gasteiger charge is 2.18. The summed E-state index contributed by atoms with van der Waals surface area (Å²) in [6.07, 6.45) is 7.01. The third kappa shape index (κ3) is 4.86. The Hall–Kier alpha value is -4.36. The Labute approximate surface area is 214 Å². The summed E-state index contributed by atoms with van der Waals surface area (Å²) >= 11 is 0. The minimum absolute atomic E-state index is 0.308. The van der Waals surface area contributed by atoms with Crippen LogP contribution in [0.4, 0.5) is 8.78 Å². The van der Waals surface area contributed by atoms with Crippen LogP contribution in [0.25, 0.3) is 39.0 Å². The number of benzene rings is 2. The Morgan fingerprint density at radius 3 is 2.68 bits per heavy atom. The third-order valence-corrected chi connectivity index (χ3v) is 6.24. The number of hydrogen-bond acceptors (Lipinski definition) is 3. The number of aryl methyl sites for hydroxylation is 1. The molecular weight excluding hydrogens is 468 g/mol. The second-order valence-corrected chi connectivity index (χ2v) is 9.32. The van der Waals surface area contributed by atoms with E-state index in [0.29, 0.717) is 28.9 Å². The van der Waals surface area contributed by atoms with Gasteiger partial charge < -0.3 is 9.88 Å². The zero-order chi connectivity index (χ0) is 26.1. The van der Waals surface area contributed by atoms with E-state index >= 15 is 4.39 Å². The van der Waals surface area contributed by atoms with Crippen molar-refractivity contribution in [3.8, 4) is 22.5 Å². The molecule has 0 atom stereocenters. The summed E-state index contributed by atoms with van der Waals surface area (Å²) < 4.78 is 29.1. The van der Waals surface area contributed by atoms with Crippen molar-refractivity contribution < 1.29 is 8.78 Å². The lowest BCUT2D eigenvalue weighted by Crippen LogP contribution is -2.10. The zero-order valence-corrected chi connectivity index (χ0v) is 20.9. The highest BCUT2D eigenvalue weighted by Crippen LogP contribution is 2.35. The summed E-state index contributed by atoms with van der Waals surface area (Å²) in [6.45, 7) is 6.49. The van der Waals surface area contributed by atoms with Crippen molar-refractivity contribution in [3.05, 3.63) is 114 Å². The van der Waals surface area contributed by atoms with Gasteiger partial charge in [0.05, 0.1) is 11.2 Å². The third-order valence-electron chi connectivity index (χ3n) is 6.24. The SMILES string of the molecule is C=C/C=C(/c1cccc(F)c1)c1cc(-c2n[nH]c3cc(F)c(-c4cncc(CN(C)C)c4)cc23)[nH]c1C. The number of H-pyrrole nitrogens is 2. The summed E-state index contributed by atoms with van der Waals surface area (Å²) in [4.78, 5) is 9.77. The highest BCUT2D eigenvalue weighted by molar-refractivity contribution is 5.96. The van der Waals surface area contributed by atoms with Crippen LogP contribution in [0.2, 0.25) is 0 Å². The van der Waals surface area contributed by atoms with Gasteiger partial charge in [-0.2, -0.15) is 5.10 Å². The molecule has 2 aromatic carbocycles. The quantitative estimate of drug-likeness (QED) is 0.242. The fourth-order valence-electron chi connectivity index (χ4n) is 4.63. The molecule has 0 spiro atoms. The molecule has 0 aliphatic heterocycles. The summed E-state index contributed by atoms with van der Waals surface area (Å²) in [7, 11) is 3.96. The molecule has 3 aromatic heterocycles. The van der Waals surface area contributed by atoms with Crippen LogP contribution in [0.3, 0.4) is 0 Å². The first kappa shape index (κ1) is 24.3. The number of fused-ring (bicyclic) bond motifs is 1. The van der Waals surface area contributed by atoms with Gasteiger partial charge in [-0.15, -0.1) is 0 Å². The molecule has 186 valence electrons. The maximum absolute atomic E-state index is 15.1. The molecule has 2 N–H and O–H groups in total. The topological polar surface area (TPSA) is 60.6 Å². The molecule has 3 heterocycles. The van der Waals surface area contributed by atoms with Crippen molar-refractivity contribution in [3.63, 3.8) is 0 Å². The molecule has 0 fully saturated rings. The van der Waals surface area contributed by atoms with E-state index in [-0.39, 0.29) is 11.6 Å². The predicted molar refractivity (Wildman–Crippen MR) is 145 cm³/mol. The summed E-state index contributed by atoms with van der Waals surface area (Å²) in [5, 5.41) is 8.23. The van der Waals surface area contributed by atoms with Crippen LogP contribution in [-0.2, 0) is 6.54 Å². The van der Waals surface area contributed by atoms with Gasteiger partial charge in [0.1, 0.15) is 17.3 Å². The van der Waals surface area contributed by atoms with Crippen molar-refractivity contribution in [1.82, 2.24) is 25.1 Å². The van der Waals surface area contributed by atoms with Gasteiger partial charge >= 0.3 is 0 Å². The molecule has 5 rings (SSSR count). The molecule has 0 aliphatic rings. The first-order valence-corrected chi connectivity index (χ1v) is 11.9. The minimum atomic E-state index is -0.350. The Balaban J connectivity index is 1.60. The van der Waals surface area contributed by atoms with Crippen LogP contribution in [0.15, 0.2) is 79.7 Å². The summed E-state index contributed by atoms with van der Waals surface area (Å²) in [5.41, 5.74) is 7.57. The first-order chi connectivity index (χ1) is 17.8. The first-order valence-electron chi connectivity index (χ1n) is 11.9. The van der Waals surface area contributed by atoms with Crippen LogP contribution in [-0.4, -0.2) is 39.2 Å². The highest BCUT2D eigenvalue weighted by atomic mass is 19.1. The van der Waals surface area contributed by atoms with E-state index in [1.807, 2.05) is 56.3 Å². The number of rotatable bonds is 7. The maximum atomic E-state index is 15.1. The van der Waals surface area contributed by atoms with Crippen molar-refractivity contribution in [2.75, 3.05) is 14.1 Å². The number of aromatic nitrogens is 4. The normalized spacial score (nSPS) is 12.0. The summed E-state index contributed by atoms with van der Waals surface area (Å²) in [6, 6.07) is 13.7. The number of nitrogens with zero attached hydrogens (tertiary/aromatic N) is 3. The fourth-order valence-corrected chi connectivity index (χ4v) is 4.63. The number of aromatic amines is 2. The van der Waals surface area contributed by atoms with Crippen LogP contribution in [0, 0.1) is 18.6 Å². The lowest BCUT2D eigenvalue weighted by molar-refractivity contribution is 0.402. The lowest BCUT2D eigenvalue weighted by atomic mass is 9.97. The van der Waals surface area contributed by atoms with Crippen molar-refractivity contribution in [2.45, 2.75) is 13.5 Å². The molecule has 0 saturated heterocycles. The average Bonchev–Trinajstić information content (AvgIpc) is 3.44. The second-order valence-electron chi connectivity index (χ2n) is 9.32. The molecule has 5 aromatic rings. The van der Waals surface area contributed by atoms with Gasteiger partial charge in [0, 0.05) is 52.8 Å². The molecule has 0 unspecified atom stereocenters. The number of pyridine rings is 1. The lowest BCUT2D eigenvalue weighted by Gasteiger charge is -2.11. The van der Waals surface area contributed by atoms with Gasteiger partial charge in [0.2, 0.25) is 0 Å². The van der Waals surface area contributed by atoms with E-state index in [4.69, 9.17) is 0 Å². The van der Waals surface area contributed by atoms with Crippen LogP contribution < -0.4 is 0 Å². The van der Waals surface area contributed by atoms with Crippen LogP contribution >= 0.6 is 0 Å². The molecule has 0 amide bonds. The fraction of sp³-hybridized carbons (Fsp3) is 0.133. The molecule has 0 aliphatic carbocycles. The van der Waals surface area contributed by atoms with E-state index in [9.17, 15) is 4.39 Å². The van der Waals surface area contributed by atoms with Gasteiger partial charge in [-0.3, -0.25) is 10.1 Å². The van der Waals surface area contributed by atoms with E-state index in [1.54, 1.807) is 24.5 Å². The zero-order valence-electron chi connectivity index (χ0n) is 20.9. The Kier molecular flexibility index (Phi) is 6.54. The molecule has 0 radical (unpaired) electrons. The average molecular weight is 496 g/mol. The van der Waals surface area contributed by atoms with Gasteiger partial charge in [-0.1, -0.05) is 30.9 Å². The predicted octanol–water partition coefficient (Wildman–Crippen LogP) is 6.89. The smallest absolute Gasteiger partial charge is 0.133 e. The molecular formula is C30H27F2N5. The Morgan fingerprint density at radius 1 is 1.08 bits per heavy atom. The standard InChI is InChI=1S/C30H27F2N5/c1-5-7-23(20-8-6-9-22(31)11-20)24-13-29(34-18(24)2)30-26-12-25(27(32)14-28(26)35-36-30)21-10-19(15-33-16-21)17-37(3)4/h5-16,34H,1,17H2,2-4H3,(H,35,36)/b23-7-. The van der Waals surface area contributed by atoms with E-state index in [1.165, 1.54) is 18.2 Å². The van der Waals surface area contributed by atoms with Gasteiger partial charge in [0.25, 0.3) is 0 Å². The largest absolute Gasteiger partial charge is 0.357 e. The van der Waals surface area contributed by atoms with Gasteiger partial charge in [-0.25, -0.2) is 8.78 Å². The van der Waals surface area contributed by atoms with E-state index in [0.717, 1.165) is 39.0 Å². The monoisotopic (exact) mass is 495 g/mol. The van der Waals surface area contributed by atoms with Crippen LogP contribution in [0.5, 0.6) is 0 Å². The maximum Gasteiger partial charge on any atom is 0.133 e. The number of hydrogen-bond donors (Lipinski definition) is 2. The Bertz CT molecular complexity index is 1640. The van der Waals surface area contributed by atoms with Gasteiger partial charge in [0.15, 0.2) is 0 Å². The van der Waals surface area contributed by atoms with Crippen molar-refractivity contribution in [2.24, 2.45) is 0 Å². The van der Waals surface area contributed by atoms with Crippen molar-refractivity contribution >= 4 is 16.5 Å². The van der Waals surface area contributed by atoms with Crippen LogP contribution in [0.1, 0.15) is 22.4 Å². The number of allylic oxidation sites excluding steroid dienone is 2. The second kappa shape index (κ2) is 9.95. The minimum Gasteiger partial charge on any atom is -0.357 e. The van der Waals surface area contributed by atoms with Gasteiger partial charge in [-0.05, 0) is 68.1 Å². The van der Waals surface area contributed by atoms with Crippen molar-refractivity contribution in [1.29, 1.82) is 0 Å². The number of halogens is 2. The van der Waals surface area contributed by atoms with E-state index < -0.39 is 0 Å². The van der Waals surface area contributed by atoms with E-state index in [2.05, 4.69) is 26.7 Å². The molecule has 0 saturated carbocycles. The Morgan fingerprint density at radius 2 is 1.92 bits per heavy atom. The molecule has 5 nitrogen and oxygen atoms in total. The molecule has 0 bridgehead atoms. The summed E-state index contributed by atoms with van der Waals surface area (Å²) in [5.74, 6) is -0.657. The molecule has 37 heavy (non-hydrogen) atoms. The molecule has 7 heteroatoms. The number of nitrogens with one attached hydrogen (secondary N) is 2.